The number of rotatable bonds is 3. The number of methoxy groups -OCH3 is 1. The van der Waals surface area contributed by atoms with Crippen LogP contribution in [0.1, 0.15) is 0 Å². The highest BCUT2D eigenvalue weighted by atomic mass is 35.5. The third kappa shape index (κ3) is 3.83. The van der Waals surface area contributed by atoms with Crippen LogP contribution in [0.3, 0.4) is 0 Å². The molecule has 1 aromatic heterocycles. The van der Waals surface area contributed by atoms with Crippen molar-refractivity contribution in [2.24, 2.45) is 4.99 Å². The first-order valence-corrected chi connectivity index (χ1v) is 10.1. The Hall–Kier alpha value is -2.55. The van der Waals surface area contributed by atoms with Crippen LogP contribution in [0.2, 0.25) is 10.0 Å². The van der Waals surface area contributed by atoms with E-state index < -0.39 is 18.0 Å². The van der Waals surface area contributed by atoms with Crippen LogP contribution < -0.4 is 14.3 Å². The van der Waals surface area contributed by atoms with E-state index in [0.29, 0.717) is 22.0 Å². The number of hydrogen-bond donors (Lipinski definition) is 0. The van der Waals surface area contributed by atoms with Crippen molar-refractivity contribution in [3.05, 3.63) is 51.2 Å². The number of esters is 1. The van der Waals surface area contributed by atoms with Crippen LogP contribution in [0, 0.1) is 0 Å². The van der Waals surface area contributed by atoms with Gasteiger partial charge in [-0.15, -0.1) is 0 Å². The van der Waals surface area contributed by atoms with Crippen molar-refractivity contribution in [3.8, 4) is 11.5 Å². The summed E-state index contributed by atoms with van der Waals surface area (Å²) in [6.45, 7) is -0.138. The molecule has 3 aromatic rings. The predicted molar refractivity (Wildman–Crippen MR) is 109 cm³/mol. The number of benzene rings is 2. The molecule has 29 heavy (non-hydrogen) atoms. The summed E-state index contributed by atoms with van der Waals surface area (Å²) >= 11 is 13.7. The Kier molecular flexibility index (Phi) is 5.49. The molecule has 0 radical (unpaired) electrons. The number of thiazole rings is 1. The van der Waals surface area contributed by atoms with Gasteiger partial charge in [-0.25, -0.2) is 0 Å². The minimum atomic E-state index is -0.902. The normalized spacial score (nSPS) is 16.1. The van der Waals surface area contributed by atoms with Gasteiger partial charge in [0.1, 0.15) is 13.2 Å². The number of para-hydroxylation sites is 2. The Morgan fingerprint density at radius 2 is 2.00 bits per heavy atom. The Morgan fingerprint density at radius 3 is 2.76 bits per heavy atom. The number of ether oxygens (including phenoxy) is 3. The molecule has 4 rings (SSSR count). The standard InChI is InChI=1S/C19H14Cl2N2O5S/c1-26-15(24)8-23-17-14(7-6-10(20)16(17)21)29-19(23)22-18(25)13-9-27-11-4-2-3-5-12(11)28-13/h2-7,13H,8-9H2,1H3. The minimum absolute atomic E-state index is 0.0355. The summed E-state index contributed by atoms with van der Waals surface area (Å²) in [4.78, 5) is 29.1. The lowest BCUT2D eigenvalue weighted by Crippen LogP contribution is -2.37. The zero-order valence-corrected chi connectivity index (χ0v) is 17.4. The quantitative estimate of drug-likeness (QED) is 0.568. The molecule has 2 heterocycles. The molecular weight excluding hydrogens is 439 g/mol. The van der Waals surface area contributed by atoms with E-state index in [1.54, 1.807) is 30.3 Å². The molecule has 2 aromatic carbocycles. The molecule has 1 amide bonds. The fourth-order valence-electron chi connectivity index (χ4n) is 2.84. The average Bonchev–Trinajstić information content (AvgIpc) is 3.07. The number of nitrogens with zero attached hydrogens (tertiary/aromatic N) is 2. The van der Waals surface area contributed by atoms with E-state index >= 15 is 0 Å². The highest BCUT2D eigenvalue weighted by molar-refractivity contribution is 7.16. The number of amides is 1. The third-order valence-electron chi connectivity index (χ3n) is 4.24. The average molecular weight is 453 g/mol. The molecule has 10 heteroatoms. The first-order chi connectivity index (χ1) is 14.0. The molecule has 1 aliphatic heterocycles. The third-order valence-corrected chi connectivity index (χ3v) is 6.08. The maximum atomic E-state index is 12.8. The fourth-order valence-corrected chi connectivity index (χ4v) is 4.35. The molecule has 0 aliphatic carbocycles. The van der Waals surface area contributed by atoms with Gasteiger partial charge < -0.3 is 18.8 Å². The Balaban J connectivity index is 1.75. The van der Waals surface area contributed by atoms with Crippen LogP contribution in [0.5, 0.6) is 11.5 Å². The van der Waals surface area contributed by atoms with Crippen molar-refractivity contribution in [1.29, 1.82) is 0 Å². The second-order valence-corrected chi connectivity index (χ2v) is 7.86. The van der Waals surface area contributed by atoms with E-state index in [2.05, 4.69) is 4.99 Å². The lowest BCUT2D eigenvalue weighted by atomic mass is 10.2. The Morgan fingerprint density at radius 1 is 1.24 bits per heavy atom. The van der Waals surface area contributed by atoms with Crippen LogP contribution >= 0.6 is 34.5 Å². The number of carbonyl (C=O) groups excluding carboxylic acids is 2. The number of halogens is 2. The van der Waals surface area contributed by atoms with Gasteiger partial charge in [0.15, 0.2) is 16.3 Å². The van der Waals surface area contributed by atoms with Crippen LogP contribution in [0.25, 0.3) is 10.2 Å². The highest BCUT2D eigenvalue weighted by Gasteiger charge is 2.27. The summed E-state index contributed by atoms with van der Waals surface area (Å²) in [5.74, 6) is -0.00536. The second-order valence-electron chi connectivity index (χ2n) is 6.07. The van der Waals surface area contributed by atoms with Gasteiger partial charge in [-0.2, -0.15) is 4.99 Å². The van der Waals surface area contributed by atoms with Gasteiger partial charge >= 0.3 is 5.97 Å². The molecule has 0 saturated heterocycles. The molecule has 150 valence electrons. The summed E-state index contributed by atoms with van der Waals surface area (Å²) in [5.41, 5.74) is 0.507. The molecule has 1 atom stereocenters. The molecule has 0 bridgehead atoms. The molecule has 1 aliphatic rings. The summed E-state index contributed by atoms with van der Waals surface area (Å²) < 4.78 is 18.3. The van der Waals surface area contributed by atoms with Gasteiger partial charge in [-0.3, -0.25) is 9.59 Å². The number of hydrogen-bond acceptors (Lipinski definition) is 6. The molecular formula is C19H14Cl2N2O5S. The van der Waals surface area contributed by atoms with E-state index in [4.69, 9.17) is 37.4 Å². The molecule has 0 saturated carbocycles. The van der Waals surface area contributed by atoms with E-state index in [1.165, 1.54) is 23.0 Å². The zero-order valence-electron chi connectivity index (χ0n) is 15.1. The van der Waals surface area contributed by atoms with Gasteiger partial charge in [0, 0.05) is 0 Å². The van der Waals surface area contributed by atoms with E-state index in [1.807, 2.05) is 6.07 Å². The minimum Gasteiger partial charge on any atom is -0.485 e. The monoisotopic (exact) mass is 452 g/mol. The summed E-state index contributed by atoms with van der Waals surface area (Å²) in [7, 11) is 1.28. The van der Waals surface area contributed by atoms with Crippen LogP contribution in [-0.4, -0.2) is 36.3 Å². The Bertz CT molecular complexity index is 1190. The van der Waals surface area contributed by atoms with Crippen molar-refractivity contribution >= 4 is 56.6 Å². The highest BCUT2D eigenvalue weighted by Crippen LogP contribution is 2.33. The lowest BCUT2D eigenvalue weighted by Gasteiger charge is -2.23. The van der Waals surface area contributed by atoms with Crippen molar-refractivity contribution in [1.82, 2.24) is 4.57 Å². The molecule has 7 nitrogen and oxygen atoms in total. The zero-order chi connectivity index (χ0) is 20.5. The van der Waals surface area contributed by atoms with E-state index in [0.717, 1.165) is 4.70 Å². The van der Waals surface area contributed by atoms with Crippen LogP contribution in [0.15, 0.2) is 41.4 Å². The van der Waals surface area contributed by atoms with Crippen molar-refractivity contribution in [3.63, 3.8) is 0 Å². The number of aromatic nitrogens is 1. The summed E-state index contributed by atoms with van der Waals surface area (Å²) in [6, 6.07) is 10.5. The maximum Gasteiger partial charge on any atom is 0.325 e. The number of carbonyl (C=O) groups is 2. The van der Waals surface area contributed by atoms with Gasteiger partial charge in [-0.1, -0.05) is 46.7 Å². The van der Waals surface area contributed by atoms with Gasteiger partial charge in [0.25, 0.3) is 5.91 Å². The van der Waals surface area contributed by atoms with Crippen molar-refractivity contribution in [2.45, 2.75) is 12.6 Å². The topological polar surface area (TPSA) is 79.1 Å². The molecule has 0 fully saturated rings. The SMILES string of the molecule is COC(=O)Cn1c(=NC(=O)C2COc3ccccc3O2)sc2ccc(Cl)c(Cl)c21. The van der Waals surface area contributed by atoms with Gasteiger partial charge in [0.05, 0.1) is 27.4 Å². The molecule has 0 spiro atoms. The van der Waals surface area contributed by atoms with Crippen LogP contribution in [-0.2, 0) is 20.9 Å². The summed E-state index contributed by atoms with van der Waals surface area (Å²) in [6.07, 6.45) is -0.902. The van der Waals surface area contributed by atoms with Crippen molar-refractivity contribution in [2.75, 3.05) is 13.7 Å². The maximum absolute atomic E-state index is 12.8. The fraction of sp³-hybridized carbons (Fsp3) is 0.211. The summed E-state index contributed by atoms with van der Waals surface area (Å²) in [5, 5.41) is 0.596. The molecule has 1 unspecified atom stereocenters. The van der Waals surface area contributed by atoms with E-state index in [9.17, 15) is 9.59 Å². The van der Waals surface area contributed by atoms with Crippen molar-refractivity contribution < 1.29 is 23.8 Å². The molecule has 0 N–H and O–H groups in total. The van der Waals surface area contributed by atoms with Gasteiger partial charge in [0.2, 0.25) is 6.10 Å². The predicted octanol–water partition coefficient (Wildman–Crippen LogP) is 3.45. The smallest absolute Gasteiger partial charge is 0.325 e. The number of fused-ring (bicyclic) bond motifs is 2. The van der Waals surface area contributed by atoms with E-state index in [-0.39, 0.29) is 23.0 Å². The second kappa shape index (κ2) is 8.06. The van der Waals surface area contributed by atoms with Crippen LogP contribution in [0.4, 0.5) is 0 Å². The first-order valence-electron chi connectivity index (χ1n) is 8.49. The largest absolute Gasteiger partial charge is 0.485 e. The first kappa shape index (κ1) is 19.8. The Labute approximate surface area is 179 Å². The van der Waals surface area contributed by atoms with Gasteiger partial charge in [-0.05, 0) is 24.3 Å². The lowest BCUT2D eigenvalue weighted by molar-refractivity contribution is -0.141.